The lowest BCUT2D eigenvalue weighted by atomic mass is 9.86. The van der Waals surface area contributed by atoms with Gasteiger partial charge in [-0.15, -0.1) is 0 Å². The molecule has 2 heterocycles. The van der Waals surface area contributed by atoms with Crippen LogP contribution < -0.4 is 16.0 Å². The molecule has 1 saturated carbocycles. The van der Waals surface area contributed by atoms with Gasteiger partial charge in [0.25, 0.3) is 5.91 Å². The molecule has 0 spiro atoms. The van der Waals surface area contributed by atoms with E-state index in [1.54, 1.807) is 11.9 Å². The molecule has 1 aliphatic rings. The molecule has 3 aromatic rings. The average molecular weight is 444 g/mol. The van der Waals surface area contributed by atoms with Gasteiger partial charge in [-0.05, 0) is 37.8 Å². The van der Waals surface area contributed by atoms with Crippen LogP contribution in [-0.4, -0.2) is 50.5 Å². The number of halogens is 2. The van der Waals surface area contributed by atoms with Gasteiger partial charge in [0.15, 0.2) is 0 Å². The van der Waals surface area contributed by atoms with Gasteiger partial charge >= 0.3 is 6.43 Å². The normalized spacial score (nSPS) is 18.5. The molecule has 12 heteroatoms. The summed E-state index contributed by atoms with van der Waals surface area (Å²) in [4.78, 5) is 30.1. The van der Waals surface area contributed by atoms with Crippen molar-refractivity contribution in [3.05, 3.63) is 36.2 Å². The van der Waals surface area contributed by atoms with Crippen molar-refractivity contribution in [1.82, 2.24) is 30.4 Å². The summed E-state index contributed by atoms with van der Waals surface area (Å²) in [5.74, 6) is -0.141. The molecule has 1 amide bonds. The molecule has 2 aromatic heterocycles. The van der Waals surface area contributed by atoms with Crippen LogP contribution >= 0.6 is 0 Å². The number of amides is 1. The van der Waals surface area contributed by atoms with Crippen LogP contribution in [0.5, 0.6) is 0 Å². The number of nitrogen functional groups attached to an aromatic ring is 1. The van der Waals surface area contributed by atoms with Crippen LogP contribution in [0, 0.1) is 0 Å². The van der Waals surface area contributed by atoms with E-state index in [0.717, 1.165) is 5.69 Å². The maximum Gasteiger partial charge on any atom is 0.315 e. The molecule has 3 N–H and O–H groups in total. The Labute approximate surface area is 182 Å². The first kappa shape index (κ1) is 21.5. The molecular weight excluding hydrogens is 422 g/mol. The number of benzene rings is 1. The molecule has 0 saturated heterocycles. The number of para-hydroxylation sites is 1. The fourth-order valence-corrected chi connectivity index (χ4v) is 3.64. The molecule has 0 bridgehead atoms. The molecule has 0 atom stereocenters. The molecule has 0 aliphatic heterocycles. The zero-order chi connectivity index (χ0) is 22.7. The van der Waals surface area contributed by atoms with E-state index < -0.39 is 12.3 Å². The van der Waals surface area contributed by atoms with Crippen LogP contribution in [0.25, 0.3) is 11.6 Å². The van der Waals surface area contributed by atoms with Gasteiger partial charge in [-0.3, -0.25) is 4.79 Å². The van der Waals surface area contributed by atoms with Crippen LogP contribution in [0.3, 0.4) is 0 Å². The van der Waals surface area contributed by atoms with Gasteiger partial charge in [0.2, 0.25) is 29.4 Å². The fraction of sp³-hybridized carbons (Fsp3) is 0.400. The Morgan fingerprint density at radius 3 is 2.50 bits per heavy atom. The van der Waals surface area contributed by atoms with Gasteiger partial charge in [-0.2, -0.15) is 28.7 Å². The Bertz CT molecular complexity index is 1070. The standard InChI is InChI=1S/C20H22F2N8O2/c1-30(13-5-3-2-4-6-13)20-27-15(26-19(23)28-20)16-25-18(32-29-16)11-7-9-12(10-8-11)24-17(31)14(21)22/h2-6,11-12,14H,7-10H2,1H3,(H,24,31)(H2,23,26,27,28). The largest absolute Gasteiger partial charge is 0.368 e. The first-order valence-electron chi connectivity index (χ1n) is 10.1. The highest BCUT2D eigenvalue weighted by Gasteiger charge is 2.29. The number of rotatable bonds is 6. The highest BCUT2D eigenvalue weighted by Crippen LogP contribution is 2.33. The maximum absolute atomic E-state index is 12.4. The first-order valence-corrected chi connectivity index (χ1v) is 10.1. The third kappa shape index (κ3) is 4.79. The van der Waals surface area contributed by atoms with Crippen molar-refractivity contribution in [2.75, 3.05) is 17.7 Å². The number of nitrogens with two attached hydrogens (primary N) is 1. The molecule has 168 valence electrons. The molecule has 32 heavy (non-hydrogen) atoms. The predicted octanol–water partition coefficient (Wildman–Crippen LogP) is 2.68. The average Bonchev–Trinajstić information content (AvgIpc) is 3.29. The van der Waals surface area contributed by atoms with Crippen molar-refractivity contribution in [1.29, 1.82) is 0 Å². The lowest BCUT2D eigenvalue weighted by molar-refractivity contribution is -0.132. The fourth-order valence-electron chi connectivity index (χ4n) is 3.64. The molecule has 0 radical (unpaired) electrons. The van der Waals surface area contributed by atoms with Crippen LogP contribution in [-0.2, 0) is 4.79 Å². The third-order valence-corrected chi connectivity index (χ3v) is 5.35. The van der Waals surface area contributed by atoms with Gasteiger partial charge in [0.1, 0.15) is 0 Å². The van der Waals surface area contributed by atoms with Gasteiger partial charge in [0.05, 0.1) is 0 Å². The van der Waals surface area contributed by atoms with Crippen LogP contribution in [0.4, 0.5) is 26.4 Å². The number of nitrogens with one attached hydrogen (secondary N) is 1. The Kier molecular flexibility index (Phi) is 6.19. The van der Waals surface area contributed by atoms with E-state index in [-0.39, 0.29) is 29.6 Å². The van der Waals surface area contributed by atoms with Crippen molar-refractivity contribution in [3.8, 4) is 11.6 Å². The smallest absolute Gasteiger partial charge is 0.315 e. The zero-order valence-corrected chi connectivity index (χ0v) is 17.3. The molecule has 0 unspecified atom stereocenters. The number of hydrogen-bond donors (Lipinski definition) is 2. The van der Waals surface area contributed by atoms with Gasteiger partial charge in [0, 0.05) is 24.7 Å². The van der Waals surface area contributed by atoms with Crippen molar-refractivity contribution in [2.45, 2.75) is 44.1 Å². The number of carbonyl (C=O) groups is 1. The van der Waals surface area contributed by atoms with E-state index in [9.17, 15) is 13.6 Å². The highest BCUT2D eigenvalue weighted by molar-refractivity contribution is 5.79. The molecule has 1 aliphatic carbocycles. The Balaban J connectivity index is 1.46. The molecular formula is C20H22F2N8O2. The van der Waals surface area contributed by atoms with Crippen LogP contribution in [0.2, 0.25) is 0 Å². The second-order valence-electron chi connectivity index (χ2n) is 7.53. The lowest BCUT2D eigenvalue weighted by Crippen LogP contribution is -2.40. The summed E-state index contributed by atoms with van der Waals surface area (Å²) in [6.07, 6.45) is -0.671. The van der Waals surface area contributed by atoms with E-state index in [1.807, 2.05) is 30.3 Å². The van der Waals surface area contributed by atoms with Gasteiger partial charge < -0.3 is 20.5 Å². The summed E-state index contributed by atoms with van der Waals surface area (Å²) in [5, 5.41) is 6.34. The van der Waals surface area contributed by atoms with Crippen molar-refractivity contribution >= 4 is 23.5 Å². The number of aromatic nitrogens is 5. The monoisotopic (exact) mass is 444 g/mol. The molecule has 1 aromatic carbocycles. The van der Waals surface area contributed by atoms with Gasteiger partial charge in [-0.1, -0.05) is 23.4 Å². The Hall–Kier alpha value is -3.70. The predicted molar refractivity (Wildman–Crippen MR) is 111 cm³/mol. The Morgan fingerprint density at radius 1 is 1.09 bits per heavy atom. The van der Waals surface area contributed by atoms with Crippen molar-refractivity contribution in [3.63, 3.8) is 0 Å². The highest BCUT2D eigenvalue weighted by atomic mass is 19.3. The first-order chi connectivity index (χ1) is 15.4. The van der Waals surface area contributed by atoms with E-state index in [4.69, 9.17) is 10.3 Å². The van der Waals surface area contributed by atoms with Crippen molar-refractivity contribution < 1.29 is 18.1 Å². The number of alkyl halides is 2. The van der Waals surface area contributed by atoms with Crippen LogP contribution in [0.1, 0.15) is 37.5 Å². The number of hydrogen-bond acceptors (Lipinski definition) is 9. The zero-order valence-electron chi connectivity index (χ0n) is 17.3. The number of carbonyl (C=O) groups excluding carboxylic acids is 1. The molecule has 1 fully saturated rings. The second kappa shape index (κ2) is 9.20. The third-order valence-electron chi connectivity index (χ3n) is 5.35. The minimum Gasteiger partial charge on any atom is -0.368 e. The van der Waals surface area contributed by atoms with E-state index >= 15 is 0 Å². The van der Waals surface area contributed by atoms with Gasteiger partial charge in [-0.25, -0.2) is 0 Å². The van der Waals surface area contributed by atoms with E-state index in [0.29, 0.717) is 37.5 Å². The lowest BCUT2D eigenvalue weighted by Gasteiger charge is -2.26. The maximum atomic E-state index is 12.4. The molecule has 10 nitrogen and oxygen atoms in total. The number of nitrogens with zero attached hydrogens (tertiary/aromatic N) is 6. The van der Waals surface area contributed by atoms with Crippen molar-refractivity contribution in [2.24, 2.45) is 0 Å². The van der Waals surface area contributed by atoms with E-state index in [1.165, 1.54) is 0 Å². The summed E-state index contributed by atoms with van der Waals surface area (Å²) in [6, 6.07) is 9.24. The minimum absolute atomic E-state index is 0.0226. The summed E-state index contributed by atoms with van der Waals surface area (Å²) < 4.78 is 30.3. The quantitative estimate of drug-likeness (QED) is 0.588. The number of anilines is 3. The summed E-state index contributed by atoms with van der Waals surface area (Å²) in [5.41, 5.74) is 6.74. The SMILES string of the molecule is CN(c1ccccc1)c1nc(N)nc(-c2noc(C3CCC(NC(=O)C(F)F)CC3)n2)n1. The Morgan fingerprint density at radius 2 is 1.81 bits per heavy atom. The van der Waals surface area contributed by atoms with Crippen LogP contribution in [0.15, 0.2) is 34.9 Å². The summed E-state index contributed by atoms with van der Waals surface area (Å²) in [6.45, 7) is 0. The minimum atomic E-state index is -3.01. The summed E-state index contributed by atoms with van der Waals surface area (Å²) in [7, 11) is 1.81. The topological polar surface area (TPSA) is 136 Å². The summed E-state index contributed by atoms with van der Waals surface area (Å²) >= 11 is 0. The molecule has 4 rings (SSSR count). The second-order valence-corrected chi connectivity index (χ2v) is 7.53. The van der Waals surface area contributed by atoms with E-state index in [2.05, 4.69) is 30.4 Å².